The van der Waals surface area contributed by atoms with Crippen LogP contribution in [0.5, 0.6) is 0 Å². The molecule has 0 bridgehead atoms. The van der Waals surface area contributed by atoms with Crippen molar-refractivity contribution >= 4 is 0 Å². The van der Waals surface area contributed by atoms with Gasteiger partial charge in [-0.2, -0.15) is 5.10 Å². The van der Waals surface area contributed by atoms with Crippen molar-refractivity contribution in [2.45, 2.75) is 46.6 Å². The lowest BCUT2D eigenvalue weighted by atomic mass is 10.00. The second-order valence-corrected chi connectivity index (χ2v) is 4.33. The maximum atomic E-state index is 4.59. The first-order valence-corrected chi connectivity index (χ1v) is 6.45. The van der Waals surface area contributed by atoms with Crippen molar-refractivity contribution in [1.29, 1.82) is 0 Å². The van der Waals surface area contributed by atoms with Crippen molar-refractivity contribution in [2.24, 2.45) is 5.92 Å². The second-order valence-electron chi connectivity index (χ2n) is 4.33. The number of aromatic nitrogens is 2. The van der Waals surface area contributed by atoms with Crippen LogP contribution >= 0.6 is 0 Å². The summed E-state index contributed by atoms with van der Waals surface area (Å²) >= 11 is 0. The summed E-state index contributed by atoms with van der Waals surface area (Å²) in [5.74, 6) is 0.719. The van der Waals surface area contributed by atoms with E-state index in [1.54, 1.807) is 0 Å². The molecule has 0 saturated heterocycles. The van der Waals surface area contributed by atoms with Gasteiger partial charge in [0, 0.05) is 12.2 Å². The van der Waals surface area contributed by atoms with Crippen LogP contribution in [0.25, 0.3) is 0 Å². The predicted octanol–water partition coefficient (Wildman–Crippen LogP) is 2.25. The molecule has 0 fully saturated rings. The Kier molecular flexibility index (Phi) is 5.53. The molecule has 1 rings (SSSR count). The van der Waals surface area contributed by atoms with Crippen LogP contribution in [-0.2, 0) is 19.4 Å². The Hall–Kier alpha value is -0.830. The number of aryl methyl sites for hydroxylation is 2. The summed E-state index contributed by atoms with van der Waals surface area (Å²) in [5.41, 5.74) is 2.61. The summed E-state index contributed by atoms with van der Waals surface area (Å²) in [7, 11) is 2.03. The molecule has 3 nitrogen and oxygen atoms in total. The highest BCUT2D eigenvalue weighted by Gasteiger charge is 2.11. The summed E-state index contributed by atoms with van der Waals surface area (Å²) < 4.78 is 2.15. The molecule has 1 aromatic rings. The van der Waals surface area contributed by atoms with E-state index in [1.807, 2.05) is 7.05 Å². The summed E-state index contributed by atoms with van der Waals surface area (Å²) in [5, 5.41) is 7.86. The van der Waals surface area contributed by atoms with Crippen LogP contribution in [0.4, 0.5) is 0 Å². The minimum Gasteiger partial charge on any atom is -0.319 e. The van der Waals surface area contributed by atoms with E-state index < -0.39 is 0 Å². The minimum absolute atomic E-state index is 0.719. The molecule has 3 heteroatoms. The molecular weight excluding hydrogens is 198 g/mol. The molecule has 0 aliphatic rings. The monoisotopic (exact) mass is 223 g/mol. The Morgan fingerprint density at radius 1 is 1.38 bits per heavy atom. The fourth-order valence-electron chi connectivity index (χ4n) is 2.07. The first-order chi connectivity index (χ1) is 7.74. The fourth-order valence-corrected chi connectivity index (χ4v) is 2.07. The molecule has 16 heavy (non-hydrogen) atoms. The van der Waals surface area contributed by atoms with E-state index in [4.69, 9.17) is 0 Å². The van der Waals surface area contributed by atoms with Crippen molar-refractivity contribution in [3.8, 4) is 0 Å². The molecule has 0 aliphatic carbocycles. The zero-order valence-corrected chi connectivity index (χ0v) is 11.1. The number of nitrogens with zero attached hydrogens (tertiary/aromatic N) is 2. The lowest BCUT2D eigenvalue weighted by Gasteiger charge is -2.14. The molecular formula is C13H25N3. The van der Waals surface area contributed by atoms with Crippen LogP contribution in [-0.4, -0.2) is 23.4 Å². The van der Waals surface area contributed by atoms with Gasteiger partial charge in [-0.1, -0.05) is 20.3 Å². The third-order valence-corrected chi connectivity index (χ3v) is 3.14. The highest BCUT2D eigenvalue weighted by Crippen LogP contribution is 2.13. The molecule has 1 N–H and O–H groups in total. The van der Waals surface area contributed by atoms with Gasteiger partial charge in [0.2, 0.25) is 0 Å². The molecule has 0 amide bonds. The molecule has 1 unspecified atom stereocenters. The molecule has 1 aromatic heterocycles. The number of rotatable bonds is 7. The standard InChI is InChI=1S/C13H25N3/c1-5-11(10-14-4)8-13-9-12(6-2)15-16(13)7-3/h9,11,14H,5-8,10H2,1-4H3. The van der Waals surface area contributed by atoms with E-state index in [0.717, 1.165) is 31.8 Å². The third kappa shape index (κ3) is 3.34. The Balaban J connectivity index is 2.73. The lowest BCUT2D eigenvalue weighted by Crippen LogP contribution is -2.21. The Morgan fingerprint density at radius 2 is 2.12 bits per heavy atom. The van der Waals surface area contributed by atoms with Gasteiger partial charge in [-0.05, 0) is 45.3 Å². The van der Waals surface area contributed by atoms with E-state index in [1.165, 1.54) is 17.8 Å². The Bertz CT molecular complexity index is 304. The minimum atomic E-state index is 0.719. The van der Waals surface area contributed by atoms with Crippen molar-refractivity contribution in [2.75, 3.05) is 13.6 Å². The van der Waals surface area contributed by atoms with E-state index in [0.29, 0.717) is 0 Å². The van der Waals surface area contributed by atoms with Gasteiger partial charge >= 0.3 is 0 Å². The van der Waals surface area contributed by atoms with Crippen LogP contribution in [0.15, 0.2) is 6.07 Å². The van der Waals surface area contributed by atoms with Crippen molar-refractivity contribution in [1.82, 2.24) is 15.1 Å². The first-order valence-electron chi connectivity index (χ1n) is 6.45. The SMILES string of the molecule is CCc1cc(CC(CC)CNC)n(CC)n1. The number of nitrogens with one attached hydrogen (secondary N) is 1. The highest BCUT2D eigenvalue weighted by atomic mass is 15.3. The van der Waals surface area contributed by atoms with Crippen molar-refractivity contribution in [3.63, 3.8) is 0 Å². The molecule has 0 aliphatic heterocycles. The molecule has 0 radical (unpaired) electrons. The Labute approximate surface area is 99.2 Å². The summed E-state index contributed by atoms with van der Waals surface area (Å²) in [4.78, 5) is 0. The molecule has 0 spiro atoms. The quantitative estimate of drug-likeness (QED) is 0.768. The van der Waals surface area contributed by atoms with Crippen LogP contribution in [0.1, 0.15) is 38.6 Å². The Morgan fingerprint density at radius 3 is 2.62 bits per heavy atom. The molecule has 1 atom stereocenters. The number of hydrogen-bond acceptors (Lipinski definition) is 2. The zero-order valence-electron chi connectivity index (χ0n) is 11.1. The van der Waals surface area contributed by atoms with Crippen LogP contribution in [0.2, 0.25) is 0 Å². The summed E-state index contributed by atoms with van der Waals surface area (Å²) in [6, 6.07) is 2.27. The van der Waals surface area contributed by atoms with E-state index in [-0.39, 0.29) is 0 Å². The van der Waals surface area contributed by atoms with Crippen LogP contribution in [0, 0.1) is 5.92 Å². The van der Waals surface area contributed by atoms with Gasteiger partial charge in [-0.25, -0.2) is 0 Å². The van der Waals surface area contributed by atoms with Crippen molar-refractivity contribution < 1.29 is 0 Å². The average molecular weight is 223 g/mol. The topological polar surface area (TPSA) is 29.9 Å². The third-order valence-electron chi connectivity index (χ3n) is 3.14. The van der Waals surface area contributed by atoms with Gasteiger partial charge < -0.3 is 5.32 Å². The van der Waals surface area contributed by atoms with Gasteiger partial charge in [0.25, 0.3) is 0 Å². The maximum absolute atomic E-state index is 4.59. The number of hydrogen-bond donors (Lipinski definition) is 1. The second kappa shape index (κ2) is 6.69. The fraction of sp³-hybridized carbons (Fsp3) is 0.769. The van der Waals surface area contributed by atoms with Gasteiger partial charge in [0.05, 0.1) is 5.69 Å². The first kappa shape index (κ1) is 13.2. The summed E-state index contributed by atoms with van der Waals surface area (Å²) in [6.45, 7) is 8.65. The molecule has 92 valence electrons. The smallest absolute Gasteiger partial charge is 0.0624 e. The van der Waals surface area contributed by atoms with Gasteiger partial charge in [-0.3, -0.25) is 4.68 Å². The van der Waals surface area contributed by atoms with Crippen LogP contribution < -0.4 is 5.32 Å². The van der Waals surface area contributed by atoms with E-state index >= 15 is 0 Å². The highest BCUT2D eigenvalue weighted by molar-refractivity contribution is 5.11. The van der Waals surface area contributed by atoms with E-state index in [2.05, 4.69) is 41.9 Å². The normalized spacial score (nSPS) is 13.0. The van der Waals surface area contributed by atoms with Gasteiger partial charge in [0.1, 0.15) is 0 Å². The van der Waals surface area contributed by atoms with Crippen molar-refractivity contribution in [3.05, 3.63) is 17.5 Å². The van der Waals surface area contributed by atoms with E-state index in [9.17, 15) is 0 Å². The maximum Gasteiger partial charge on any atom is 0.0624 e. The average Bonchev–Trinajstić information content (AvgIpc) is 2.70. The van der Waals surface area contributed by atoms with Gasteiger partial charge in [0.15, 0.2) is 0 Å². The zero-order chi connectivity index (χ0) is 12.0. The lowest BCUT2D eigenvalue weighted by molar-refractivity contribution is 0.459. The summed E-state index contributed by atoms with van der Waals surface area (Å²) in [6.07, 6.45) is 3.39. The molecule has 1 heterocycles. The molecule has 0 aromatic carbocycles. The largest absolute Gasteiger partial charge is 0.319 e. The van der Waals surface area contributed by atoms with Crippen LogP contribution in [0.3, 0.4) is 0 Å². The van der Waals surface area contributed by atoms with Gasteiger partial charge in [-0.15, -0.1) is 0 Å². The predicted molar refractivity (Wildman–Crippen MR) is 68.7 cm³/mol. The molecule has 0 saturated carbocycles.